The second-order valence-electron chi connectivity index (χ2n) is 6.23. The van der Waals surface area contributed by atoms with E-state index in [0.717, 1.165) is 0 Å². The van der Waals surface area contributed by atoms with Gasteiger partial charge in [0.1, 0.15) is 0 Å². The molecule has 5 heteroatoms. The molecule has 0 saturated carbocycles. The lowest BCUT2D eigenvalue weighted by atomic mass is 10.2. The molecule has 0 spiro atoms. The fourth-order valence-electron chi connectivity index (χ4n) is 0.994. The zero-order valence-corrected chi connectivity index (χ0v) is 13.7. The lowest BCUT2D eigenvalue weighted by Gasteiger charge is -2.35. The highest BCUT2D eigenvalue weighted by Gasteiger charge is 2.37. The van der Waals surface area contributed by atoms with Crippen molar-refractivity contribution in [2.45, 2.75) is 58.3 Å². The van der Waals surface area contributed by atoms with Crippen molar-refractivity contribution in [3.05, 3.63) is 12.3 Å². The molecule has 18 heavy (non-hydrogen) atoms. The molecular weight excluding hydrogens is 246 g/mol. The van der Waals surface area contributed by atoms with E-state index in [2.05, 4.69) is 33.9 Å². The molecule has 0 aromatic carbocycles. The Labute approximate surface area is 112 Å². The van der Waals surface area contributed by atoms with E-state index in [1.165, 1.54) is 4.90 Å². The van der Waals surface area contributed by atoms with E-state index in [0.29, 0.717) is 6.42 Å². The van der Waals surface area contributed by atoms with Crippen LogP contribution in [-0.2, 0) is 4.43 Å². The van der Waals surface area contributed by atoms with Crippen LogP contribution in [0, 0.1) is 0 Å². The van der Waals surface area contributed by atoms with E-state index in [1.54, 1.807) is 13.3 Å². The van der Waals surface area contributed by atoms with E-state index in [4.69, 9.17) is 9.53 Å². The van der Waals surface area contributed by atoms with Crippen molar-refractivity contribution in [3.63, 3.8) is 0 Å². The van der Waals surface area contributed by atoms with E-state index in [1.807, 2.05) is 13.0 Å². The molecule has 1 N–H and O–H groups in total. The summed E-state index contributed by atoms with van der Waals surface area (Å²) in [5, 5.41) is 9.00. The summed E-state index contributed by atoms with van der Waals surface area (Å²) in [6.45, 7) is 12.8. The summed E-state index contributed by atoms with van der Waals surface area (Å²) in [5.74, 6) is 0. The quantitative estimate of drug-likeness (QED) is 0.610. The Balaban J connectivity index is 4.25. The molecule has 0 radical (unpaired) electrons. The Morgan fingerprint density at radius 3 is 2.33 bits per heavy atom. The van der Waals surface area contributed by atoms with Crippen molar-refractivity contribution in [1.29, 1.82) is 0 Å². The number of carbonyl (C=O) groups is 1. The first-order valence-electron chi connectivity index (χ1n) is 6.27. The molecule has 0 bridgehead atoms. The van der Waals surface area contributed by atoms with Crippen LogP contribution in [0.25, 0.3) is 0 Å². The predicted molar refractivity (Wildman–Crippen MR) is 77.3 cm³/mol. The van der Waals surface area contributed by atoms with Crippen LogP contribution in [0.4, 0.5) is 4.79 Å². The van der Waals surface area contributed by atoms with E-state index in [-0.39, 0.29) is 11.1 Å². The highest BCUT2D eigenvalue weighted by atomic mass is 28.4. The number of carboxylic acid groups (broad SMARTS) is 1. The van der Waals surface area contributed by atoms with Gasteiger partial charge in [0.25, 0.3) is 0 Å². The summed E-state index contributed by atoms with van der Waals surface area (Å²) in [4.78, 5) is 12.0. The zero-order valence-electron chi connectivity index (χ0n) is 12.7. The summed E-state index contributed by atoms with van der Waals surface area (Å²) in [7, 11) is -0.164. The first-order valence-corrected chi connectivity index (χ1v) is 9.18. The molecule has 1 amide bonds. The van der Waals surface area contributed by atoms with Gasteiger partial charge in [-0.15, -0.1) is 0 Å². The topological polar surface area (TPSA) is 49.8 Å². The third-order valence-corrected chi connectivity index (χ3v) is 8.04. The molecular formula is C13H27NO3Si. The molecule has 0 fully saturated rings. The van der Waals surface area contributed by atoms with Crippen molar-refractivity contribution in [2.75, 3.05) is 7.05 Å². The van der Waals surface area contributed by atoms with E-state index >= 15 is 0 Å². The standard InChI is InChI=1S/C13H27NO3Si/c1-11(14(5)12(15)16)9-8-10-17-18(6,7)13(2,3)4/h8,10-11H,9H2,1-7H3,(H,15,16). The largest absolute Gasteiger partial charge is 0.549 e. The maximum atomic E-state index is 10.7. The van der Waals surface area contributed by atoms with E-state index < -0.39 is 14.4 Å². The Morgan fingerprint density at radius 2 is 1.94 bits per heavy atom. The summed E-state index contributed by atoms with van der Waals surface area (Å²) < 4.78 is 5.88. The number of amides is 1. The van der Waals surface area contributed by atoms with Crippen LogP contribution in [0.2, 0.25) is 18.1 Å². The average molecular weight is 273 g/mol. The van der Waals surface area contributed by atoms with Crippen LogP contribution in [-0.4, -0.2) is 37.5 Å². The van der Waals surface area contributed by atoms with Crippen molar-refractivity contribution < 1.29 is 14.3 Å². The van der Waals surface area contributed by atoms with Crippen LogP contribution in [0.5, 0.6) is 0 Å². The third kappa shape index (κ3) is 5.12. The summed E-state index contributed by atoms with van der Waals surface area (Å²) in [6, 6.07) is -0.0400. The molecule has 106 valence electrons. The van der Waals surface area contributed by atoms with Crippen LogP contribution in [0.1, 0.15) is 34.1 Å². The molecule has 0 aliphatic rings. The number of hydrogen-bond acceptors (Lipinski definition) is 2. The first kappa shape index (κ1) is 17.0. The van der Waals surface area contributed by atoms with Gasteiger partial charge in [-0.25, -0.2) is 4.79 Å². The highest BCUT2D eigenvalue weighted by Crippen LogP contribution is 2.36. The SMILES string of the molecule is CC(CC=CO[Si](C)(C)C(C)(C)C)N(C)C(=O)O. The summed E-state index contributed by atoms with van der Waals surface area (Å²) in [5.41, 5.74) is 0. The molecule has 0 rings (SSSR count). The van der Waals surface area contributed by atoms with Crippen LogP contribution < -0.4 is 0 Å². The molecule has 0 aliphatic heterocycles. The normalized spacial score (nSPS) is 14.6. The van der Waals surface area contributed by atoms with Gasteiger partial charge in [0.05, 0.1) is 6.26 Å². The fraction of sp³-hybridized carbons (Fsp3) is 0.769. The molecule has 1 unspecified atom stereocenters. The molecule has 1 atom stereocenters. The number of rotatable bonds is 5. The lowest BCUT2D eigenvalue weighted by molar-refractivity contribution is 0.142. The minimum atomic E-state index is -1.74. The maximum absolute atomic E-state index is 10.7. The second-order valence-corrected chi connectivity index (χ2v) is 11.0. The molecule has 0 saturated heterocycles. The molecule has 0 aromatic heterocycles. The average Bonchev–Trinajstić information content (AvgIpc) is 2.21. The van der Waals surface area contributed by atoms with Crippen LogP contribution in [0.3, 0.4) is 0 Å². The molecule has 4 nitrogen and oxygen atoms in total. The fourth-order valence-corrected chi connectivity index (χ4v) is 1.78. The summed E-state index contributed by atoms with van der Waals surface area (Å²) >= 11 is 0. The molecule has 0 aliphatic carbocycles. The lowest BCUT2D eigenvalue weighted by Crippen LogP contribution is -2.39. The van der Waals surface area contributed by atoms with Crippen LogP contribution in [0.15, 0.2) is 12.3 Å². The predicted octanol–water partition coefficient (Wildman–Crippen LogP) is 3.91. The Bertz CT molecular complexity index is 308. The minimum Gasteiger partial charge on any atom is -0.549 e. The van der Waals surface area contributed by atoms with Gasteiger partial charge in [0.2, 0.25) is 8.32 Å². The minimum absolute atomic E-state index is 0.0400. The van der Waals surface area contributed by atoms with Gasteiger partial charge in [-0.2, -0.15) is 0 Å². The van der Waals surface area contributed by atoms with Gasteiger partial charge in [0, 0.05) is 13.1 Å². The smallest absolute Gasteiger partial charge is 0.407 e. The van der Waals surface area contributed by atoms with Gasteiger partial charge < -0.3 is 14.4 Å². The van der Waals surface area contributed by atoms with Crippen LogP contribution >= 0.6 is 0 Å². The third-order valence-electron chi connectivity index (χ3n) is 3.71. The monoisotopic (exact) mass is 273 g/mol. The van der Waals surface area contributed by atoms with Gasteiger partial charge in [-0.3, -0.25) is 0 Å². The first-order chi connectivity index (χ1) is 7.99. The van der Waals surface area contributed by atoms with Crippen molar-refractivity contribution in [1.82, 2.24) is 4.90 Å². The van der Waals surface area contributed by atoms with Crippen molar-refractivity contribution in [2.24, 2.45) is 0 Å². The molecule has 0 aromatic rings. The number of hydrogen-bond donors (Lipinski definition) is 1. The molecule has 0 heterocycles. The Hall–Kier alpha value is -0.973. The highest BCUT2D eigenvalue weighted by molar-refractivity contribution is 6.74. The van der Waals surface area contributed by atoms with Gasteiger partial charge in [-0.05, 0) is 37.6 Å². The second kappa shape index (κ2) is 6.27. The van der Waals surface area contributed by atoms with Gasteiger partial charge in [0.15, 0.2) is 0 Å². The van der Waals surface area contributed by atoms with Gasteiger partial charge in [-0.1, -0.05) is 20.8 Å². The zero-order chi connectivity index (χ0) is 14.6. The van der Waals surface area contributed by atoms with Crippen molar-refractivity contribution in [3.8, 4) is 0 Å². The maximum Gasteiger partial charge on any atom is 0.407 e. The summed E-state index contributed by atoms with van der Waals surface area (Å²) in [6.07, 6.45) is 3.41. The number of nitrogens with zero attached hydrogens (tertiary/aromatic N) is 1. The Kier molecular flexibility index (Phi) is 5.93. The Morgan fingerprint density at radius 1 is 1.44 bits per heavy atom. The van der Waals surface area contributed by atoms with Crippen molar-refractivity contribution >= 4 is 14.4 Å². The van der Waals surface area contributed by atoms with Gasteiger partial charge >= 0.3 is 6.09 Å². The van der Waals surface area contributed by atoms with E-state index in [9.17, 15) is 4.79 Å².